The summed E-state index contributed by atoms with van der Waals surface area (Å²) >= 11 is 0. The van der Waals surface area contributed by atoms with E-state index in [1.54, 1.807) is 6.92 Å². The number of ether oxygens (including phenoxy) is 1. The van der Waals surface area contributed by atoms with Crippen molar-refractivity contribution in [3.8, 4) is 0 Å². The number of carbonyl (C=O) groups is 1. The highest BCUT2D eigenvalue weighted by Gasteiger charge is 2.27. The van der Waals surface area contributed by atoms with Crippen molar-refractivity contribution < 1.29 is 17.9 Å². The van der Waals surface area contributed by atoms with E-state index in [-0.39, 0.29) is 18.2 Å². The smallest absolute Gasteiger partial charge is 0.357 e. The molecule has 1 N–H and O–H groups in total. The summed E-state index contributed by atoms with van der Waals surface area (Å²) in [6.07, 6.45) is 7.90. The summed E-state index contributed by atoms with van der Waals surface area (Å²) in [5.74, 6) is -0.545. The van der Waals surface area contributed by atoms with E-state index in [9.17, 15) is 13.2 Å². The number of nitrogens with zero attached hydrogens (tertiary/aromatic N) is 1. The van der Waals surface area contributed by atoms with E-state index < -0.39 is 16.2 Å². The molecule has 0 aromatic carbocycles. The van der Waals surface area contributed by atoms with Gasteiger partial charge >= 0.3 is 16.2 Å². The third-order valence-corrected chi connectivity index (χ3v) is 4.47. The Bertz CT molecular complexity index is 529. The third-order valence-electron chi connectivity index (χ3n) is 3.54. The molecule has 7 heteroatoms. The zero-order valence-electron chi connectivity index (χ0n) is 11.6. The molecule has 1 saturated carbocycles. The Labute approximate surface area is 119 Å². The molecule has 0 bridgehead atoms. The van der Waals surface area contributed by atoms with Crippen LogP contribution in [0.4, 0.5) is 0 Å². The SMILES string of the molecule is CCOC(=O)C1=NS(=O)(=O)NC(C2CCCCCC2)=C1. The number of esters is 1. The van der Waals surface area contributed by atoms with Gasteiger partial charge in [-0.15, -0.1) is 4.40 Å². The number of hydrogen-bond acceptors (Lipinski definition) is 4. The maximum absolute atomic E-state index is 11.8. The van der Waals surface area contributed by atoms with Gasteiger partial charge in [0, 0.05) is 5.70 Å². The van der Waals surface area contributed by atoms with Crippen molar-refractivity contribution in [3.05, 3.63) is 11.8 Å². The van der Waals surface area contributed by atoms with Crippen LogP contribution >= 0.6 is 0 Å². The minimum Gasteiger partial charge on any atom is -0.461 e. The molecule has 1 aliphatic carbocycles. The highest BCUT2D eigenvalue weighted by Crippen LogP contribution is 2.29. The Kier molecular flexibility index (Phi) is 4.80. The zero-order chi connectivity index (χ0) is 14.6. The number of rotatable bonds is 3. The molecule has 0 aromatic heterocycles. The van der Waals surface area contributed by atoms with E-state index in [1.807, 2.05) is 0 Å². The normalized spacial score (nSPS) is 23.1. The second kappa shape index (κ2) is 6.39. The lowest BCUT2D eigenvalue weighted by Gasteiger charge is -2.22. The predicted molar refractivity (Wildman–Crippen MR) is 75.4 cm³/mol. The van der Waals surface area contributed by atoms with Gasteiger partial charge in [0.2, 0.25) is 0 Å². The quantitative estimate of drug-likeness (QED) is 0.635. The molecular formula is C13H20N2O4S. The van der Waals surface area contributed by atoms with Gasteiger partial charge in [0.25, 0.3) is 0 Å². The topological polar surface area (TPSA) is 84.8 Å². The molecule has 0 amide bonds. The maximum atomic E-state index is 11.8. The van der Waals surface area contributed by atoms with Crippen molar-refractivity contribution in [1.29, 1.82) is 0 Å². The summed E-state index contributed by atoms with van der Waals surface area (Å²) in [5.41, 5.74) is 0.440. The van der Waals surface area contributed by atoms with Crippen LogP contribution in [-0.2, 0) is 19.7 Å². The number of hydrogen-bond donors (Lipinski definition) is 1. The molecule has 0 aromatic rings. The van der Waals surface area contributed by atoms with E-state index in [0.717, 1.165) is 25.7 Å². The van der Waals surface area contributed by atoms with Crippen LogP contribution < -0.4 is 4.72 Å². The second-order valence-corrected chi connectivity index (χ2v) is 6.40. The van der Waals surface area contributed by atoms with Crippen LogP contribution in [0.2, 0.25) is 0 Å². The van der Waals surface area contributed by atoms with E-state index in [4.69, 9.17) is 4.74 Å². The molecule has 0 atom stereocenters. The zero-order valence-corrected chi connectivity index (χ0v) is 12.4. The van der Waals surface area contributed by atoms with Crippen LogP contribution in [0.5, 0.6) is 0 Å². The Morgan fingerprint density at radius 2 is 2.00 bits per heavy atom. The van der Waals surface area contributed by atoms with Gasteiger partial charge in [-0.25, -0.2) is 4.79 Å². The first-order chi connectivity index (χ1) is 9.52. The maximum Gasteiger partial charge on any atom is 0.357 e. The average Bonchev–Trinajstić information content (AvgIpc) is 2.66. The van der Waals surface area contributed by atoms with Crippen molar-refractivity contribution in [1.82, 2.24) is 4.72 Å². The molecule has 2 aliphatic rings. The fraction of sp³-hybridized carbons (Fsp3) is 0.692. The second-order valence-electron chi connectivity index (χ2n) is 5.06. The lowest BCUT2D eigenvalue weighted by atomic mass is 9.96. The summed E-state index contributed by atoms with van der Waals surface area (Å²) < 4.78 is 34.2. The highest BCUT2D eigenvalue weighted by atomic mass is 32.2. The average molecular weight is 300 g/mol. The first kappa shape index (κ1) is 15.0. The fourth-order valence-electron chi connectivity index (χ4n) is 2.60. The van der Waals surface area contributed by atoms with Gasteiger partial charge in [0.05, 0.1) is 6.61 Å². The van der Waals surface area contributed by atoms with Crippen LogP contribution in [-0.4, -0.2) is 26.7 Å². The van der Waals surface area contributed by atoms with Gasteiger partial charge < -0.3 is 4.74 Å². The molecule has 0 saturated heterocycles. The van der Waals surface area contributed by atoms with Gasteiger partial charge in [-0.2, -0.15) is 8.42 Å². The van der Waals surface area contributed by atoms with E-state index >= 15 is 0 Å². The number of carbonyl (C=O) groups excluding carboxylic acids is 1. The first-order valence-electron chi connectivity index (χ1n) is 7.03. The Balaban J connectivity index is 2.23. The molecule has 0 radical (unpaired) electrons. The summed E-state index contributed by atoms with van der Waals surface area (Å²) in [5, 5.41) is 0. The molecule has 20 heavy (non-hydrogen) atoms. The molecule has 2 rings (SSSR count). The number of allylic oxidation sites excluding steroid dienone is 1. The van der Waals surface area contributed by atoms with Crippen LogP contribution in [0, 0.1) is 5.92 Å². The van der Waals surface area contributed by atoms with Crippen molar-refractivity contribution in [2.24, 2.45) is 10.3 Å². The molecular weight excluding hydrogens is 280 g/mol. The third kappa shape index (κ3) is 3.82. The van der Waals surface area contributed by atoms with Gasteiger partial charge in [0.15, 0.2) is 5.71 Å². The predicted octanol–water partition coefficient (Wildman–Crippen LogP) is 1.69. The van der Waals surface area contributed by atoms with Crippen LogP contribution in [0.25, 0.3) is 0 Å². The van der Waals surface area contributed by atoms with Gasteiger partial charge in [-0.3, -0.25) is 4.72 Å². The monoisotopic (exact) mass is 300 g/mol. The van der Waals surface area contributed by atoms with Gasteiger partial charge in [-0.05, 0) is 31.8 Å². The summed E-state index contributed by atoms with van der Waals surface area (Å²) in [4.78, 5) is 11.7. The lowest BCUT2D eigenvalue weighted by molar-refractivity contribution is -0.134. The van der Waals surface area contributed by atoms with Crippen molar-refractivity contribution in [2.75, 3.05) is 6.61 Å². The largest absolute Gasteiger partial charge is 0.461 e. The van der Waals surface area contributed by atoms with E-state index in [1.165, 1.54) is 18.9 Å². The van der Waals surface area contributed by atoms with Crippen LogP contribution in [0.15, 0.2) is 16.2 Å². The van der Waals surface area contributed by atoms with E-state index in [2.05, 4.69) is 9.12 Å². The minimum atomic E-state index is -3.84. The summed E-state index contributed by atoms with van der Waals surface area (Å²) in [7, 11) is -3.84. The standard InChI is InChI=1S/C13H20N2O4S/c1-2-19-13(16)12-9-11(14-20(17,18)15-12)10-7-5-3-4-6-8-10/h9-10,14H,2-8H2,1H3. The molecule has 112 valence electrons. The Hall–Kier alpha value is -1.37. The lowest BCUT2D eigenvalue weighted by Crippen LogP contribution is -2.33. The molecule has 1 fully saturated rings. The Morgan fingerprint density at radius 1 is 1.35 bits per heavy atom. The van der Waals surface area contributed by atoms with Gasteiger partial charge in [0.1, 0.15) is 0 Å². The van der Waals surface area contributed by atoms with Crippen molar-refractivity contribution in [2.45, 2.75) is 45.4 Å². The fourth-order valence-corrected chi connectivity index (χ4v) is 3.55. The molecule has 0 unspecified atom stereocenters. The summed E-state index contributed by atoms with van der Waals surface area (Å²) in [6, 6.07) is 0. The molecule has 1 aliphatic heterocycles. The molecule has 0 spiro atoms. The Morgan fingerprint density at radius 3 is 2.60 bits per heavy atom. The van der Waals surface area contributed by atoms with Crippen LogP contribution in [0.1, 0.15) is 45.4 Å². The summed E-state index contributed by atoms with van der Waals surface area (Å²) in [6.45, 7) is 1.86. The number of nitrogens with one attached hydrogen (secondary N) is 1. The molecule has 6 nitrogen and oxygen atoms in total. The first-order valence-corrected chi connectivity index (χ1v) is 8.47. The van der Waals surface area contributed by atoms with Crippen molar-refractivity contribution in [3.63, 3.8) is 0 Å². The molecule has 1 heterocycles. The highest BCUT2D eigenvalue weighted by molar-refractivity contribution is 7.88. The van der Waals surface area contributed by atoms with E-state index in [0.29, 0.717) is 5.70 Å². The van der Waals surface area contributed by atoms with Crippen LogP contribution in [0.3, 0.4) is 0 Å². The van der Waals surface area contributed by atoms with Gasteiger partial charge in [-0.1, -0.05) is 25.7 Å². The van der Waals surface area contributed by atoms with Crippen molar-refractivity contribution >= 4 is 21.9 Å². The minimum absolute atomic E-state index is 0.134.